The fourth-order valence-electron chi connectivity index (χ4n) is 6.08. The van der Waals surface area contributed by atoms with Crippen molar-refractivity contribution in [3.8, 4) is 0 Å². The molecule has 4 nitrogen and oxygen atoms in total. The lowest BCUT2D eigenvalue weighted by molar-refractivity contribution is -0.148. The molecule has 4 rings (SSSR count). The van der Waals surface area contributed by atoms with Gasteiger partial charge in [-0.3, -0.25) is 9.59 Å². The zero-order valence-electron chi connectivity index (χ0n) is 17.1. The largest absolute Gasteiger partial charge is 0.352 e. The second-order valence-corrected chi connectivity index (χ2v) is 10.1. The molecule has 0 spiro atoms. The Bertz CT molecular complexity index is 493. The summed E-state index contributed by atoms with van der Waals surface area (Å²) in [4.78, 5) is 25.5. The van der Waals surface area contributed by atoms with Crippen LogP contribution < -0.4 is 10.6 Å². The van der Waals surface area contributed by atoms with Crippen molar-refractivity contribution in [3.05, 3.63) is 0 Å². The molecule has 0 unspecified atom stereocenters. The normalized spacial score (nSPS) is 34.6. The number of carbonyl (C=O) groups is 2. The van der Waals surface area contributed by atoms with Crippen molar-refractivity contribution in [1.82, 2.24) is 10.6 Å². The van der Waals surface area contributed by atoms with Crippen LogP contribution in [-0.4, -0.2) is 23.9 Å². The minimum atomic E-state index is -0.442. The standard InChI is InChI=1S/C22H38N2O2/c1-14(2)6-5-7-15(3)23-20(25)16(4)24-21(26)22-11-17-8-18(12-22)10-19(9-17)13-22/h14-19H,5-13H2,1-4H3,(H,23,25)(H,24,26)/t15-,16+,17?,18?,19?,22?/m0/s1. The first-order chi connectivity index (χ1) is 12.3. The van der Waals surface area contributed by atoms with E-state index in [0.717, 1.165) is 49.9 Å². The molecule has 0 aliphatic heterocycles. The fourth-order valence-corrected chi connectivity index (χ4v) is 6.08. The maximum Gasteiger partial charge on any atom is 0.242 e. The molecular weight excluding hydrogens is 324 g/mol. The molecule has 0 aromatic carbocycles. The zero-order chi connectivity index (χ0) is 18.9. The number of rotatable bonds is 8. The van der Waals surface area contributed by atoms with Crippen molar-refractivity contribution in [2.75, 3.05) is 0 Å². The van der Waals surface area contributed by atoms with E-state index >= 15 is 0 Å². The highest BCUT2D eigenvalue weighted by atomic mass is 16.2. The topological polar surface area (TPSA) is 58.2 Å². The van der Waals surface area contributed by atoms with Gasteiger partial charge in [-0.05, 0) is 82.5 Å². The summed E-state index contributed by atoms with van der Waals surface area (Å²) in [5.74, 6) is 3.05. The van der Waals surface area contributed by atoms with Gasteiger partial charge in [-0.2, -0.15) is 0 Å². The summed E-state index contributed by atoms with van der Waals surface area (Å²) >= 11 is 0. The molecule has 148 valence electrons. The number of amides is 2. The summed E-state index contributed by atoms with van der Waals surface area (Å²) in [5.41, 5.74) is -0.174. The summed E-state index contributed by atoms with van der Waals surface area (Å²) in [6, 6.07) is -0.275. The van der Waals surface area contributed by atoms with Crippen LogP contribution in [0.3, 0.4) is 0 Å². The third-order valence-electron chi connectivity index (χ3n) is 7.07. The number of hydrogen-bond acceptors (Lipinski definition) is 2. The first kappa shape index (κ1) is 19.7. The minimum Gasteiger partial charge on any atom is -0.352 e. The second-order valence-electron chi connectivity index (χ2n) is 10.1. The number of carbonyl (C=O) groups excluding carboxylic acids is 2. The van der Waals surface area contributed by atoms with Gasteiger partial charge >= 0.3 is 0 Å². The van der Waals surface area contributed by atoms with Crippen molar-refractivity contribution >= 4 is 11.8 Å². The maximum absolute atomic E-state index is 13.1. The lowest BCUT2D eigenvalue weighted by atomic mass is 9.49. The van der Waals surface area contributed by atoms with Gasteiger partial charge in [0.1, 0.15) is 6.04 Å². The van der Waals surface area contributed by atoms with E-state index in [1.54, 1.807) is 0 Å². The molecule has 2 atom stereocenters. The molecule has 26 heavy (non-hydrogen) atoms. The Hall–Kier alpha value is -1.06. The van der Waals surface area contributed by atoms with Gasteiger partial charge in [-0.25, -0.2) is 0 Å². The lowest BCUT2D eigenvalue weighted by Crippen LogP contribution is -2.57. The second kappa shape index (κ2) is 7.90. The van der Waals surface area contributed by atoms with Crippen molar-refractivity contribution < 1.29 is 9.59 Å². The average Bonchev–Trinajstić information content (AvgIpc) is 2.52. The Morgan fingerprint density at radius 3 is 1.92 bits per heavy atom. The van der Waals surface area contributed by atoms with Crippen LogP contribution in [0.1, 0.15) is 85.5 Å². The van der Waals surface area contributed by atoms with Crippen LogP contribution in [0, 0.1) is 29.1 Å². The Kier molecular flexibility index (Phi) is 5.98. The van der Waals surface area contributed by atoms with Crippen molar-refractivity contribution in [2.24, 2.45) is 29.1 Å². The molecule has 4 saturated carbocycles. The van der Waals surface area contributed by atoms with Gasteiger partial charge in [0.2, 0.25) is 11.8 Å². The molecule has 0 aromatic rings. The van der Waals surface area contributed by atoms with E-state index in [4.69, 9.17) is 0 Å². The maximum atomic E-state index is 13.1. The van der Waals surface area contributed by atoms with E-state index in [9.17, 15) is 9.59 Å². The SMILES string of the molecule is CC(C)CCC[C@H](C)NC(=O)[C@@H](C)NC(=O)C12CC3CC(CC(C3)C1)C2. The van der Waals surface area contributed by atoms with E-state index in [1.807, 2.05) is 6.92 Å². The van der Waals surface area contributed by atoms with Gasteiger partial charge in [-0.1, -0.05) is 26.7 Å². The van der Waals surface area contributed by atoms with Crippen LogP contribution in [0.5, 0.6) is 0 Å². The van der Waals surface area contributed by atoms with Gasteiger partial charge in [0, 0.05) is 11.5 Å². The summed E-state index contributed by atoms with van der Waals surface area (Å²) < 4.78 is 0. The summed E-state index contributed by atoms with van der Waals surface area (Å²) in [7, 11) is 0. The fraction of sp³-hybridized carbons (Fsp3) is 0.909. The molecule has 4 heteroatoms. The highest BCUT2D eigenvalue weighted by molar-refractivity contribution is 5.90. The van der Waals surface area contributed by atoms with E-state index in [2.05, 4.69) is 31.4 Å². The van der Waals surface area contributed by atoms with Crippen molar-refractivity contribution in [3.63, 3.8) is 0 Å². The molecule has 0 heterocycles. The van der Waals surface area contributed by atoms with Crippen LogP contribution in [0.2, 0.25) is 0 Å². The Morgan fingerprint density at radius 2 is 1.42 bits per heavy atom. The molecule has 4 bridgehead atoms. The van der Waals surface area contributed by atoms with E-state index in [1.165, 1.54) is 25.7 Å². The molecule has 0 aromatic heterocycles. The van der Waals surface area contributed by atoms with Gasteiger partial charge in [0.15, 0.2) is 0 Å². The number of hydrogen-bond donors (Lipinski definition) is 2. The first-order valence-electron chi connectivity index (χ1n) is 10.9. The molecule has 0 saturated heterocycles. The Morgan fingerprint density at radius 1 is 0.885 bits per heavy atom. The molecule has 0 radical (unpaired) electrons. The molecule has 2 amide bonds. The van der Waals surface area contributed by atoms with Gasteiger partial charge < -0.3 is 10.6 Å². The molecule has 4 aliphatic rings. The highest BCUT2D eigenvalue weighted by Crippen LogP contribution is 2.60. The van der Waals surface area contributed by atoms with E-state index in [-0.39, 0.29) is 23.3 Å². The molecule has 2 N–H and O–H groups in total. The molecule has 4 fully saturated rings. The summed E-state index contributed by atoms with van der Waals surface area (Å²) in [5, 5.41) is 6.14. The molecular formula is C22H38N2O2. The van der Waals surface area contributed by atoms with E-state index in [0.29, 0.717) is 5.92 Å². The third-order valence-corrected chi connectivity index (χ3v) is 7.07. The summed E-state index contributed by atoms with van der Waals surface area (Å²) in [6.45, 7) is 8.34. The predicted molar refractivity (Wildman–Crippen MR) is 105 cm³/mol. The van der Waals surface area contributed by atoms with Crippen molar-refractivity contribution in [2.45, 2.75) is 97.6 Å². The zero-order valence-corrected chi connectivity index (χ0v) is 17.1. The van der Waals surface area contributed by atoms with Gasteiger partial charge in [0.05, 0.1) is 0 Å². The summed E-state index contributed by atoms with van der Waals surface area (Å²) in [6.07, 6.45) is 10.5. The minimum absolute atomic E-state index is 0.0416. The van der Waals surface area contributed by atoms with E-state index < -0.39 is 6.04 Å². The first-order valence-corrected chi connectivity index (χ1v) is 10.9. The molecule has 4 aliphatic carbocycles. The van der Waals surface area contributed by atoms with Crippen LogP contribution >= 0.6 is 0 Å². The highest BCUT2D eigenvalue weighted by Gasteiger charge is 2.54. The van der Waals surface area contributed by atoms with Crippen LogP contribution in [0.4, 0.5) is 0 Å². The predicted octanol–water partition coefficient (Wildman–Crippen LogP) is 4.04. The quantitative estimate of drug-likeness (QED) is 0.685. The van der Waals surface area contributed by atoms with Gasteiger partial charge in [0.25, 0.3) is 0 Å². The van der Waals surface area contributed by atoms with Crippen LogP contribution in [0.15, 0.2) is 0 Å². The monoisotopic (exact) mass is 362 g/mol. The smallest absolute Gasteiger partial charge is 0.242 e. The van der Waals surface area contributed by atoms with Crippen molar-refractivity contribution in [1.29, 1.82) is 0 Å². The average molecular weight is 363 g/mol. The van der Waals surface area contributed by atoms with Crippen LogP contribution in [-0.2, 0) is 9.59 Å². The van der Waals surface area contributed by atoms with Crippen LogP contribution in [0.25, 0.3) is 0 Å². The third kappa shape index (κ3) is 4.43. The Labute approximate surface area is 159 Å². The Balaban J connectivity index is 1.47. The number of nitrogens with one attached hydrogen (secondary N) is 2. The van der Waals surface area contributed by atoms with Gasteiger partial charge in [-0.15, -0.1) is 0 Å². The lowest BCUT2D eigenvalue weighted by Gasteiger charge is -2.55.